The number of rotatable bonds is 12. The molecule has 0 aliphatic carbocycles. The highest BCUT2D eigenvalue weighted by molar-refractivity contribution is 7.91. The van der Waals surface area contributed by atoms with E-state index in [-0.39, 0.29) is 11.2 Å². The van der Waals surface area contributed by atoms with Gasteiger partial charge in [-0.05, 0) is 68.6 Å². The predicted molar refractivity (Wildman–Crippen MR) is 183 cm³/mol. The van der Waals surface area contributed by atoms with Crippen LogP contribution < -0.4 is 9.64 Å². The molecular weight excluding hydrogens is 647 g/mol. The molecule has 2 fully saturated rings. The summed E-state index contributed by atoms with van der Waals surface area (Å²) in [4.78, 5) is 32.7. The third-order valence-electron chi connectivity index (χ3n) is 8.73. The number of ether oxygens (including phenoxy) is 2. The second-order valence-electron chi connectivity index (χ2n) is 12.1. The van der Waals surface area contributed by atoms with Crippen LogP contribution in [0.2, 0.25) is 10.0 Å². The molecule has 10 nitrogen and oxygen atoms in total. The molecule has 0 spiro atoms. The number of aromatic nitrogens is 3. The lowest BCUT2D eigenvalue weighted by Crippen LogP contribution is -2.47. The van der Waals surface area contributed by atoms with Crippen molar-refractivity contribution in [2.24, 2.45) is 5.92 Å². The smallest absolute Gasteiger partial charge is 0.305 e. The number of carbonyl (C=O) groups is 1. The van der Waals surface area contributed by atoms with E-state index in [1.54, 1.807) is 24.7 Å². The lowest BCUT2D eigenvalue weighted by atomic mass is 9.93. The maximum Gasteiger partial charge on any atom is 0.305 e. The van der Waals surface area contributed by atoms with Gasteiger partial charge >= 0.3 is 5.97 Å². The summed E-state index contributed by atoms with van der Waals surface area (Å²) in [5, 5.41) is 1.27. The van der Waals surface area contributed by atoms with Crippen molar-refractivity contribution in [1.29, 1.82) is 0 Å². The minimum Gasteiger partial charge on any atom is -0.616 e. The van der Waals surface area contributed by atoms with Crippen LogP contribution in [-0.2, 0) is 27.3 Å². The number of piperazine rings is 1. The molecule has 46 heavy (non-hydrogen) atoms. The lowest BCUT2D eigenvalue weighted by molar-refractivity contribution is -0.142. The highest BCUT2D eigenvalue weighted by atomic mass is 35.5. The molecule has 5 rings (SSSR count). The Morgan fingerprint density at radius 3 is 2.30 bits per heavy atom. The van der Waals surface area contributed by atoms with Gasteiger partial charge in [-0.25, -0.2) is 15.0 Å². The van der Waals surface area contributed by atoms with Crippen molar-refractivity contribution in [3.63, 3.8) is 0 Å². The minimum absolute atomic E-state index is 0.146. The van der Waals surface area contributed by atoms with E-state index in [9.17, 15) is 9.35 Å². The average Bonchev–Trinajstić information content (AvgIpc) is 3.04. The van der Waals surface area contributed by atoms with Crippen LogP contribution in [0.3, 0.4) is 0 Å². The summed E-state index contributed by atoms with van der Waals surface area (Å²) in [6.45, 7) is 8.98. The first-order valence-corrected chi connectivity index (χ1v) is 18.1. The summed E-state index contributed by atoms with van der Waals surface area (Å²) in [6.07, 6.45) is 8.43. The molecule has 0 N–H and O–H groups in total. The highest BCUT2D eigenvalue weighted by Gasteiger charge is 2.23. The number of methoxy groups -OCH3 is 1. The van der Waals surface area contributed by atoms with Gasteiger partial charge in [0.2, 0.25) is 11.8 Å². The zero-order valence-corrected chi connectivity index (χ0v) is 29.0. The molecule has 2 atom stereocenters. The Morgan fingerprint density at radius 1 is 1.00 bits per heavy atom. The Morgan fingerprint density at radius 2 is 1.67 bits per heavy atom. The summed E-state index contributed by atoms with van der Waals surface area (Å²) in [6, 6.07) is 9.35. The summed E-state index contributed by atoms with van der Waals surface area (Å²) in [5.41, 5.74) is 2.54. The number of pyridine rings is 1. The maximum atomic E-state index is 11.7. The fourth-order valence-corrected chi connectivity index (χ4v) is 6.79. The van der Waals surface area contributed by atoms with Crippen LogP contribution in [0.5, 0.6) is 11.6 Å². The zero-order valence-electron chi connectivity index (χ0n) is 26.7. The number of likely N-dealkylation sites (tertiary alicyclic amines) is 1. The summed E-state index contributed by atoms with van der Waals surface area (Å²) < 4.78 is 22.7. The summed E-state index contributed by atoms with van der Waals surface area (Å²) in [5.74, 6) is 1.79. The van der Waals surface area contributed by atoms with Crippen molar-refractivity contribution in [3.8, 4) is 22.9 Å². The molecule has 0 saturated carbocycles. The van der Waals surface area contributed by atoms with E-state index < -0.39 is 11.2 Å². The largest absolute Gasteiger partial charge is 0.616 e. The van der Waals surface area contributed by atoms with Gasteiger partial charge in [0.25, 0.3) is 0 Å². The normalized spacial score (nSPS) is 17.9. The first kappa shape index (κ1) is 34.7. The molecule has 1 aromatic carbocycles. The number of halogens is 2. The van der Waals surface area contributed by atoms with Gasteiger partial charge in [-0.3, -0.25) is 14.6 Å². The monoisotopic (exact) mass is 688 g/mol. The Hall–Kier alpha value is -2.67. The van der Waals surface area contributed by atoms with Gasteiger partial charge in [-0.2, -0.15) is 0 Å². The zero-order chi connectivity index (χ0) is 32.6. The first-order valence-electron chi connectivity index (χ1n) is 15.7. The fraction of sp³-hybridized carbons (Fsp3) is 0.515. The molecule has 0 bridgehead atoms. The van der Waals surface area contributed by atoms with E-state index in [0.29, 0.717) is 52.2 Å². The number of esters is 1. The number of nitrogens with zero attached hydrogens (tertiary/aromatic N) is 6. The number of carbonyl (C=O) groups excluding carboxylic acids is 1. The fourth-order valence-electron chi connectivity index (χ4n) is 5.83. The van der Waals surface area contributed by atoms with Crippen molar-refractivity contribution in [3.05, 3.63) is 58.3 Å². The van der Waals surface area contributed by atoms with Crippen LogP contribution in [0.15, 0.2) is 42.7 Å². The van der Waals surface area contributed by atoms with Crippen LogP contribution in [-0.4, -0.2) is 99.7 Å². The summed E-state index contributed by atoms with van der Waals surface area (Å²) >= 11 is 11.9. The quantitative estimate of drug-likeness (QED) is 0.174. The molecule has 0 radical (unpaired) electrons. The van der Waals surface area contributed by atoms with Crippen LogP contribution in [0.4, 0.5) is 5.95 Å². The Bertz CT molecular complexity index is 1430. The van der Waals surface area contributed by atoms with Crippen LogP contribution in [0.1, 0.15) is 38.2 Å². The third kappa shape index (κ3) is 9.92. The van der Waals surface area contributed by atoms with Crippen LogP contribution >= 0.6 is 23.2 Å². The maximum absolute atomic E-state index is 11.7. The molecule has 4 heterocycles. The SMILES string of the molecule is COC(=O)CC1CCN(Cc2cc(Oc3cnc(N4CCN(CCC(C)[S+](C)[O-])CC4)nc3)nc(-c3cc(Cl)cc(Cl)c3)c2)CC1. The highest BCUT2D eigenvalue weighted by Crippen LogP contribution is 2.31. The Labute approximate surface area is 284 Å². The molecule has 13 heteroatoms. The van der Waals surface area contributed by atoms with Gasteiger partial charge in [-0.15, -0.1) is 0 Å². The molecule has 3 aromatic rings. The number of hydrogen-bond acceptors (Lipinski definition) is 10. The van der Waals surface area contributed by atoms with Crippen molar-refractivity contribution in [2.75, 3.05) is 64.1 Å². The first-order chi connectivity index (χ1) is 22.1. The third-order valence-corrected chi connectivity index (χ3v) is 10.5. The number of piperidine rings is 1. The van der Waals surface area contributed by atoms with Gasteiger partial charge in [0.15, 0.2) is 5.75 Å². The van der Waals surface area contributed by atoms with E-state index >= 15 is 0 Å². The number of hydrogen-bond donors (Lipinski definition) is 0. The topological polar surface area (TPSA) is 107 Å². The predicted octanol–water partition coefficient (Wildman–Crippen LogP) is 5.69. The Kier molecular flexibility index (Phi) is 12.4. The molecular formula is C33H42Cl2N6O4S. The van der Waals surface area contributed by atoms with E-state index in [4.69, 9.17) is 37.7 Å². The van der Waals surface area contributed by atoms with E-state index in [1.807, 2.05) is 31.2 Å². The average molecular weight is 690 g/mol. The van der Waals surface area contributed by atoms with E-state index in [1.165, 1.54) is 7.11 Å². The van der Waals surface area contributed by atoms with Gasteiger partial charge < -0.3 is 18.9 Å². The van der Waals surface area contributed by atoms with Crippen molar-refractivity contribution in [1.82, 2.24) is 24.8 Å². The van der Waals surface area contributed by atoms with Crippen molar-refractivity contribution >= 4 is 46.3 Å². The molecule has 2 saturated heterocycles. The second kappa shape index (κ2) is 16.4. The molecule has 2 aliphatic rings. The molecule has 248 valence electrons. The summed E-state index contributed by atoms with van der Waals surface area (Å²) in [7, 11) is 1.44. The van der Waals surface area contributed by atoms with Crippen molar-refractivity contribution in [2.45, 2.75) is 44.4 Å². The van der Waals surface area contributed by atoms with Crippen LogP contribution in [0.25, 0.3) is 11.3 Å². The molecule has 2 aromatic heterocycles. The van der Waals surface area contributed by atoms with Gasteiger partial charge in [0.05, 0.1) is 31.5 Å². The molecule has 0 amide bonds. The standard InChI is InChI=1S/C33H42Cl2N6O4S/c1-23(46(3)43)4-7-39-10-12-41(13-11-39)33-36-20-29(21-37-33)45-31-15-25(14-30(38-31)26-17-27(34)19-28(35)18-26)22-40-8-5-24(6-9-40)16-32(42)44-2/h14-15,17-21,23-24H,4-13,16,22H2,1-3H3. The van der Waals surface area contributed by atoms with Gasteiger partial charge in [0.1, 0.15) is 5.25 Å². The van der Waals surface area contributed by atoms with Crippen molar-refractivity contribution < 1.29 is 18.8 Å². The van der Waals surface area contributed by atoms with Gasteiger partial charge in [-0.1, -0.05) is 34.4 Å². The minimum atomic E-state index is -0.788. The lowest BCUT2D eigenvalue weighted by Gasteiger charge is -2.35. The van der Waals surface area contributed by atoms with Gasteiger partial charge in [0, 0.05) is 73.8 Å². The number of benzene rings is 1. The molecule has 2 aliphatic heterocycles. The van der Waals surface area contributed by atoms with Crippen LogP contribution in [0, 0.1) is 5.92 Å². The Balaban J connectivity index is 1.25. The van der Waals surface area contributed by atoms with E-state index in [2.05, 4.69) is 24.7 Å². The second-order valence-corrected chi connectivity index (χ2v) is 14.8. The molecule has 2 unspecified atom stereocenters. The van der Waals surface area contributed by atoms with E-state index in [0.717, 1.165) is 76.2 Å². The number of anilines is 1.